The molecular formula is C12H12BrClFN3O2. The SMILES string of the molecule is NC(=O)OCCn1c(CCCl)nc2cc(F)c(Br)cc21. The van der Waals surface area contributed by atoms with E-state index in [4.69, 9.17) is 22.1 Å². The normalized spacial score (nSPS) is 10.9. The molecule has 0 atom stereocenters. The van der Waals surface area contributed by atoms with Crippen molar-refractivity contribution in [3.8, 4) is 0 Å². The maximum atomic E-state index is 13.5. The van der Waals surface area contributed by atoms with E-state index in [9.17, 15) is 9.18 Å². The molecule has 0 unspecified atom stereocenters. The van der Waals surface area contributed by atoms with Crippen LogP contribution in [0.1, 0.15) is 5.82 Å². The number of alkyl halides is 1. The topological polar surface area (TPSA) is 70.1 Å². The molecule has 1 amide bonds. The van der Waals surface area contributed by atoms with Gasteiger partial charge in [-0.2, -0.15) is 0 Å². The van der Waals surface area contributed by atoms with Gasteiger partial charge in [-0.3, -0.25) is 0 Å². The molecule has 0 aliphatic carbocycles. The summed E-state index contributed by atoms with van der Waals surface area (Å²) in [4.78, 5) is 14.9. The first-order chi connectivity index (χ1) is 9.52. The van der Waals surface area contributed by atoms with Gasteiger partial charge < -0.3 is 15.0 Å². The number of imidazole rings is 1. The van der Waals surface area contributed by atoms with Gasteiger partial charge in [0.15, 0.2) is 0 Å². The number of nitrogens with two attached hydrogens (primary N) is 1. The molecule has 1 heterocycles. The number of amides is 1. The number of primary amides is 1. The third-order valence-electron chi connectivity index (χ3n) is 2.75. The molecule has 1 aromatic heterocycles. The molecule has 0 fully saturated rings. The maximum Gasteiger partial charge on any atom is 0.404 e. The van der Waals surface area contributed by atoms with Crippen molar-refractivity contribution in [1.29, 1.82) is 0 Å². The number of aryl methyl sites for hydroxylation is 1. The van der Waals surface area contributed by atoms with Crippen molar-refractivity contribution in [1.82, 2.24) is 9.55 Å². The fraction of sp³-hybridized carbons (Fsp3) is 0.333. The quantitative estimate of drug-likeness (QED) is 0.829. The first-order valence-corrected chi connectivity index (χ1v) is 7.18. The minimum Gasteiger partial charge on any atom is -0.448 e. The number of hydrogen-bond acceptors (Lipinski definition) is 3. The van der Waals surface area contributed by atoms with Gasteiger partial charge in [0.25, 0.3) is 0 Å². The second-order valence-electron chi connectivity index (χ2n) is 4.04. The van der Waals surface area contributed by atoms with Crippen LogP contribution in [0.4, 0.5) is 9.18 Å². The summed E-state index contributed by atoms with van der Waals surface area (Å²) < 4.78 is 20.4. The first kappa shape index (κ1) is 15.1. The zero-order chi connectivity index (χ0) is 14.7. The van der Waals surface area contributed by atoms with Crippen LogP contribution in [0.3, 0.4) is 0 Å². The van der Waals surface area contributed by atoms with Crippen molar-refractivity contribution in [2.45, 2.75) is 13.0 Å². The van der Waals surface area contributed by atoms with E-state index < -0.39 is 6.09 Å². The van der Waals surface area contributed by atoms with E-state index in [1.807, 2.05) is 4.57 Å². The highest BCUT2D eigenvalue weighted by molar-refractivity contribution is 9.10. The molecule has 5 nitrogen and oxygen atoms in total. The zero-order valence-electron chi connectivity index (χ0n) is 10.4. The van der Waals surface area contributed by atoms with Gasteiger partial charge in [0.2, 0.25) is 0 Å². The summed E-state index contributed by atoms with van der Waals surface area (Å²) in [5.74, 6) is 0.720. The summed E-state index contributed by atoms with van der Waals surface area (Å²) in [6.07, 6.45) is -0.299. The van der Waals surface area contributed by atoms with Gasteiger partial charge in [0.05, 0.1) is 22.1 Å². The number of rotatable bonds is 5. The van der Waals surface area contributed by atoms with E-state index in [2.05, 4.69) is 20.9 Å². The lowest BCUT2D eigenvalue weighted by atomic mass is 10.3. The monoisotopic (exact) mass is 363 g/mol. The van der Waals surface area contributed by atoms with Gasteiger partial charge in [-0.25, -0.2) is 14.2 Å². The largest absolute Gasteiger partial charge is 0.448 e. The second kappa shape index (κ2) is 6.41. The second-order valence-corrected chi connectivity index (χ2v) is 5.27. The van der Waals surface area contributed by atoms with E-state index >= 15 is 0 Å². The molecule has 0 saturated heterocycles. The number of aromatic nitrogens is 2. The predicted octanol–water partition coefficient (Wildman–Crippen LogP) is 2.81. The number of ether oxygens (including phenoxy) is 1. The summed E-state index contributed by atoms with van der Waals surface area (Å²) in [6, 6.07) is 2.99. The van der Waals surface area contributed by atoms with E-state index in [0.29, 0.717) is 34.7 Å². The Morgan fingerprint density at radius 1 is 1.55 bits per heavy atom. The molecule has 108 valence electrons. The van der Waals surface area contributed by atoms with Crippen molar-refractivity contribution < 1.29 is 13.9 Å². The van der Waals surface area contributed by atoms with Crippen LogP contribution in [-0.4, -0.2) is 28.1 Å². The molecule has 0 saturated carbocycles. The van der Waals surface area contributed by atoms with Crippen molar-refractivity contribution in [2.75, 3.05) is 12.5 Å². The zero-order valence-corrected chi connectivity index (χ0v) is 12.7. The van der Waals surface area contributed by atoms with Crippen LogP contribution >= 0.6 is 27.5 Å². The number of nitrogens with zero attached hydrogens (tertiary/aromatic N) is 2. The smallest absolute Gasteiger partial charge is 0.404 e. The van der Waals surface area contributed by atoms with Crippen LogP contribution in [0, 0.1) is 5.82 Å². The Kier molecular flexibility index (Phi) is 4.82. The summed E-state index contributed by atoms with van der Waals surface area (Å²) >= 11 is 8.88. The minimum atomic E-state index is -0.833. The highest BCUT2D eigenvalue weighted by atomic mass is 79.9. The highest BCUT2D eigenvalue weighted by Gasteiger charge is 2.13. The van der Waals surface area contributed by atoms with Crippen LogP contribution in [0.2, 0.25) is 0 Å². The van der Waals surface area contributed by atoms with Crippen LogP contribution in [0.25, 0.3) is 11.0 Å². The minimum absolute atomic E-state index is 0.116. The summed E-state index contributed by atoms with van der Waals surface area (Å²) in [6.45, 7) is 0.495. The van der Waals surface area contributed by atoms with E-state index in [0.717, 1.165) is 5.52 Å². The molecule has 0 radical (unpaired) electrons. The molecule has 2 aromatic rings. The number of carbonyl (C=O) groups is 1. The third-order valence-corrected chi connectivity index (χ3v) is 3.54. The van der Waals surface area contributed by atoms with Crippen LogP contribution in [0.5, 0.6) is 0 Å². The van der Waals surface area contributed by atoms with Crippen molar-refractivity contribution in [3.63, 3.8) is 0 Å². The Morgan fingerprint density at radius 2 is 2.30 bits per heavy atom. The standard InChI is InChI=1S/C12H12BrClFN3O2/c13-7-5-10-9(6-8(7)15)17-11(1-2-14)18(10)3-4-20-12(16)19/h5-6H,1-4H2,(H2,16,19). The molecule has 0 spiro atoms. The Hall–Kier alpha value is -1.34. The molecule has 1 aromatic carbocycles. The molecule has 0 bridgehead atoms. The summed E-state index contributed by atoms with van der Waals surface area (Å²) in [5.41, 5.74) is 6.20. The number of benzene rings is 1. The molecule has 2 rings (SSSR count). The van der Waals surface area contributed by atoms with Crippen LogP contribution < -0.4 is 5.73 Å². The molecule has 0 aliphatic rings. The van der Waals surface area contributed by atoms with E-state index in [1.165, 1.54) is 6.07 Å². The van der Waals surface area contributed by atoms with Crippen LogP contribution in [0.15, 0.2) is 16.6 Å². The number of fused-ring (bicyclic) bond motifs is 1. The van der Waals surface area contributed by atoms with E-state index in [1.54, 1.807) is 6.07 Å². The number of hydrogen-bond donors (Lipinski definition) is 1. The van der Waals surface area contributed by atoms with Crippen LogP contribution in [-0.2, 0) is 17.7 Å². The van der Waals surface area contributed by atoms with Gasteiger partial charge in [-0.1, -0.05) is 0 Å². The predicted molar refractivity (Wildman–Crippen MR) is 77.4 cm³/mol. The summed E-state index contributed by atoms with van der Waals surface area (Å²) in [7, 11) is 0. The molecule has 0 aliphatic heterocycles. The fourth-order valence-electron chi connectivity index (χ4n) is 1.93. The van der Waals surface area contributed by atoms with Gasteiger partial charge in [-0.15, -0.1) is 11.6 Å². The molecule has 2 N–H and O–H groups in total. The molecular weight excluding hydrogens is 353 g/mol. The van der Waals surface area contributed by atoms with Crippen molar-refractivity contribution in [3.05, 3.63) is 28.2 Å². The fourth-order valence-corrected chi connectivity index (χ4v) is 2.43. The first-order valence-electron chi connectivity index (χ1n) is 5.85. The Bertz CT molecular complexity index is 647. The number of halogens is 3. The third kappa shape index (κ3) is 3.21. The lowest BCUT2D eigenvalue weighted by Crippen LogP contribution is -2.17. The van der Waals surface area contributed by atoms with Crippen molar-refractivity contribution >= 4 is 44.7 Å². The van der Waals surface area contributed by atoms with Gasteiger partial charge in [-0.05, 0) is 22.0 Å². The highest BCUT2D eigenvalue weighted by Crippen LogP contribution is 2.24. The maximum absolute atomic E-state index is 13.5. The van der Waals surface area contributed by atoms with Crippen molar-refractivity contribution in [2.24, 2.45) is 5.73 Å². The number of carbonyl (C=O) groups excluding carboxylic acids is 1. The Labute approximate surface area is 128 Å². The Morgan fingerprint density at radius 3 is 2.95 bits per heavy atom. The Balaban J connectivity index is 2.39. The summed E-state index contributed by atoms with van der Waals surface area (Å²) in [5, 5.41) is 0. The van der Waals surface area contributed by atoms with Gasteiger partial charge >= 0.3 is 6.09 Å². The van der Waals surface area contributed by atoms with E-state index in [-0.39, 0.29) is 12.4 Å². The average Bonchev–Trinajstić information content (AvgIpc) is 2.68. The molecule has 8 heteroatoms. The lowest BCUT2D eigenvalue weighted by molar-refractivity contribution is 0.152. The van der Waals surface area contributed by atoms with Gasteiger partial charge in [0, 0.05) is 18.4 Å². The lowest BCUT2D eigenvalue weighted by Gasteiger charge is -2.08. The molecule has 20 heavy (non-hydrogen) atoms. The average molecular weight is 365 g/mol. The van der Waals surface area contributed by atoms with Gasteiger partial charge in [0.1, 0.15) is 18.2 Å².